The average Bonchev–Trinajstić information content (AvgIpc) is 2.27. The van der Waals surface area contributed by atoms with Crippen LogP contribution in [0.15, 0.2) is 24.3 Å². The number of alkyl halides is 2. The van der Waals surface area contributed by atoms with E-state index in [2.05, 4.69) is 0 Å². The summed E-state index contributed by atoms with van der Waals surface area (Å²) in [6.45, 7) is 1.19. The van der Waals surface area contributed by atoms with Crippen LogP contribution in [0.2, 0.25) is 5.02 Å². The predicted molar refractivity (Wildman–Crippen MR) is 63.9 cm³/mol. The van der Waals surface area contributed by atoms with Crippen LogP contribution in [0, 0.1) is 0 Å². The van der Waals surface area contributed by atoms with Gasteiger partial charge in [0.2, 0.25) is 0 Å². The van der Waals surface area contributed by atoms with E-state index < -0.39 is 19.0 Å². The monoisotopic (exact) mass is 261 g/mol. The smallest absolute Gasteiger partial charge is 0.251 e. The molecule has 0 saturated carbocycles. The maximum atomic E-state index is 12.2. The summed E-state index contributed by atoms with van der Waals surface area (Å²) in [6, 6.07) is 5.82. The van der Waals surface area contributed by atoms with Crippen LogP contribution in [-0.2, 0) is 0 Å². The van der Waals surface area contributed by atoms with Crippen LogP contribution < -0.4 is 0 Å². The number of hydrogen-bond acceptors (Lipinski definition) is 2. The maximum absolute atomic E-state index is 12.2. The minimum absolute atomic E-state index is 0.190. The molecular weight excluding hydrogens is 248 g/mol. The second-order valence-corrected chi connectivity index (χ2v) is 4.31. The number of benzene rings is 1. The Morgan fingerprint density at radius 3 is 2.35 bits per heavy atom. The number of rotatable bonds is 5. The van der Waals surface area contributed by atoms with Gasteiger partial charge >= 0.3 is 0 Å². The highest BCUT2D eigenvalue weighted by Gasteiger charge is 2.21. The van der Waals surface area contributed by atoms with Gasteiger partial charge in [0.25, 0.3) is 6.43 Å². The normalized spacial score (nSPS) is 13.1. The third-order valence-corrected chi connectivity index (χ3v) is 2.85. The Hall–Kier alpha value is -1.00. The fourth-order valence-electron chi connectivity index (χ4n) is 1.43. The molecule has 5 heteroatoms. The lowest BCUT2D eigenvalue weighted by Gasteiger charge is -2.23. The largest absolute Gasteiger partial charge is 0.292 e. The van der Waals surface area contributed by atoms with Crippen LogP contribution in [0.1, 0.15) is 17.3 Å². The van der Waals surface area contributed by atoms with Crippen molar-refractivity contribution in [2.24, 2.45) is 0 Å². The standard InChI is InChI=1S/C12H14ClF2NO/c1-8(16(2)7-11(14)15)12(17)9-3-5-10(13)6-4-9/h3-6,8,11H,7H2,1-2H3. The van der Waals surface area contributed by atoms with Gasteiger partial charge in [0.1, 0.15) is 0 Å². The van der Waals surface area contributed by atoms with Crippen LogP contribution in [0.5, 0.6) is 0 Å². The van der Waals surface area contributed by atoms with Crippen molar-refractivity contribution >= 4 is 17.4 Å². The quantitative estimate of drug-likeness (QED) is 0.759. The summed E-state index contributed by atoms with van der Waals surface area (Å²) < 4.78 is 24.4. The highest BCUT2D eigenvalue weighted by Crippen LogP contribution is 2.13. The SMILES string of the molecule is CC(C(=O)c1ccc(Cl)cc1)N(C)CC(F)F. The van der Waals surface area contributed by atoms with E-state index in [0.29, 0.717) is 10.6 Å². The van der Waals surface area contributed by atoms with Gasteiger partial charge in [-0.1, -0.05) is 11.6 Å². The molecule has 1 aromatic rings. The molecule has 0 fully saturated rings. The van der Waals surface area contributed by atoms with Crippen LogP contribution in [0.4, 0.5) is 8.78 Å². The zero-order valence-corrected chi connectivity index (χ0v) is 10.4. The van der Waals surface area contributed by atoms with Crippen LogP contribution >= 0.6 is 11.6 Å². The molecule has 0 bridgehead atoms. The van der Waals surface area contributed by atoms with Gasteiger partial charge in [0, 0.05) is 10.6 Å². The van der Waals surface area contributed by atoms with Crippen LogP contribution in [0.25, 0.3) is 0 Å². The molecule has 0 saturated heterocycles. The van der Waals surface area contributed by atoms with Gasteiger partial charge in [-0.05, 0) is 38.2 Å². The molecule has 1 atom stereocenters. The molecule has 0 aliphatic carbocycles. The number of hydrogen-bond donors (Lipinski definition) is 0. The second-order valence-electron chi connectivity index (χ2n) is 3.88. The molecule has 0 amide bonds. The van der Waals surface area contributed by atoms with E-state index in [-0.39, 0.29) is 5.78 Å². The average molecular weight is 262 g/mol. The molecule has 0 aliphatic heterocycles. The van der Waals surface area contributed by atoms with Crippen molar-refractivity contribution in [2.75, 3.05) is 13.6 Å². The van der Waals surface area contributed by atoms with E-state index in [0.717, 1.165) is 0 Å². The summed E-state index contributed by atoms with van der Waals surface area (Å²) in [4.78, 5) is 13.3. The first-order chi connectivity index (χ1) is 7.91. The number of carbonyl (C=O) groups excluding carboxylic acids is 1. The van der Waals surface area contributed by atoms with Gasteiger partial charge < -0.3 is 0 Å². The lowest BCUT2D eigenvalue weighted by Crippen LogP contribution is -2.38. The van der Waals surface area contributed by atoms with Gasteiger partial charge in [0.05, 0.1) is 12.6 Å². The summed E-state index contributed by atoms with van der Waals surface area (Å²) in [5.41, 5.74) is 0.475. The maximum Gasteiger partial charge on any atom is 0.251 e. The molecule has 0 heterocycles. The topological polar surface area (TPSA) is 20.3 Å². The van der Waals surface area contributed by atoms with Gasteiger partial charge in [-0.25, -0.2) is 8.78 Å². The van der Waals surface area contributed by atoms with Gasteiger partial charge in [-0.3, -0.25) is 9.69 Å². The summed E-state index contributed by atoms with van der Waals surface area (Å²) >= 11 is 5.71. The summed E-state index contributed by atoms with van der Waals surface area (Å²) in [5.74, 6) is -0.190. The molecule has 17 heavy (non-hydrogen) atoms. The van der Waals surface area contributed by atoms with Gasteiger partial charge in [0.15, 0.2) is 5.78 Å². The lowest BCUT2D eigenvalue weighted by molar-refractivity contribution is 0.0679. The van der Waals surface area contributed by atoms with Crippen molar-refractivity contribution in [1.82, 2.24) is 4.90 Å². The Kier molecular flexibility index (Phi) is 5.02. The number of Topliss-reactive ketones (excluding diaryl/α,β-unsaturated/α-hetero) is 1. The van der Waals surface area contributed by atoms with Crippen molar-refractivity contribution in [3.05, 3.63) is 34.9 Å². The number of carbonyl (C=O) groups is 1. The fraction of sp³-hybridized carbons (Fsp3) is 0.417. The van der Waals surface area contributed by atoms with Gasteiger partial charge in [-0.2, -0.15) is 0 Å². The number of likely N-dealkylation sites (N-methyl/N-ethyl adjacent to an activating group) is 1. The predicted octanol–water partition coefficient (Wildman–Crippen LogP) is 3.11. The number of nitrogens with zero attached hydrogens (tertiary/aromatic N) is 1. The van der Waals surface area contributed by atoms with E-state index in [1.54, 1.807) is 31.2 Å². The molecule has 1 unspecified atom stereocenters. The molecule has 2 nitrogen and oxygen atoms in total. The summed E-state index contributed by atoms with van der Waals surface area (Å²) in [5, 5.41) is 0.537. The molecule has 0 N–H and O–H groups in total. The van der Waals surface area contributed by atoms with E-state index in [9.17, 15) is 13.6 Å². The zero-order chi connectivity index (χ0) is 13.0. The molecule has 1 aromatic carbocycles. The first-order valence-corrected chi connectivity index (χ1v) is 5.57. The van der Waals surface area contributed by atoms with Crippen LogP contribution in [-0.4, -0.2) is 36.7 Å². The lowest BCUT2D eigenvalue weighted by atomic mass is 10.0. The van der Waals surface area contributed by atoms with Crippen molar-refractivity contribution in [1.29, 1.82) is 0 Å². The Bertz CT molecular complexity index is 381. The van der Waals surface area contributed by atoms with E-state index in [1.807, 2.05) is 0 Å². The van der Waals surface area contributed by atoms with E-state index >= 15 is 0 Å². The molecular formula is C12H14ClF2NO. The Morgan fingerprint density at radius 2 is 1.88 bits per heavy atom. The third-order valence-electron chi connectivity index (χ3n) is 2.60. The van der Waals surface area contributed by atoms with Crippen molar-refractivity contribution in [3.8, 4) is 0 Å². The third kappa shape index (κ3) is 4.06. The van der Waals surface area contributed by atoms with E-state index in [1.165, 1.54) is 11.9 Å². The van der Waals surface area contributed by atoms with Crippen molar-refractivity contribution in [2.45, 2.75) is 19.4 Å². The van der Waals surface area contributed by atoms with Gasteiger partial charge in [-0.15, -0.1) is 0 Å². The Morgan fingerprint density at radius 1 is 1.35 bits per heavy atom. The molecule has 94 valence electrons. The second kappa shape index (κ2) is 6.07. The molecule has 0 radical (unpaired) electrons. The number of halogens is 3. The molecule has 0 aromatic heterocycles. The zero-order valence-electron chi connectivity index (χ0n) is 9.66. The summed E-state index contributed by atoms with van der Waals surface area (Å²) in [6.07, 6.45) is -2.44. The first kappa shape index (κ1) is 14.1. The molecule has 1 rings (SSSR count). The van der Waals surface area contributed by atoms with Crippen molar-refractivity contribution < 1.29 is 13.6 Å². The Balaban J connectivity index is 2.72. The highest BCUT2D eigenvalue weighted by atomic mass is 35.5. The van der Waals surface area contributed by atoms with Crippen LogP contribution in [0.3, 0.4) is 0 Å². The van der Waals surface area contributed by atoms with E-state index in [4.69, 9.17) is 11.6 Å². The minimum atomic E-state index is -2.44. The number of ketones is 1. The highest BCUT2D eigenvalue weighted by molar-refractivity contribution is 6.30. The first-order valence-electron chi connectivity index (χ1n) is 5.20. The minimum Gasteiger partial charge on any atom is -0.292 e. The van der Waals surface area contributed by atoms with Crippen molar-refractivity contribution in [3.63, 3.8) is 0 Å². The summed E-state index contributed by atoms with van der Waals surface area (Å²) in [7, 11) is 1.50. The molecule has 0 spiro atoms. The Labute approximate surface area is 104 Å². The fourth-order valence-corrected chi connectivity index (χ4v) is 1.56. The molecule has 0 aliphatic rings.